The number of anilines is 1. The number of carbonyl (C=O) groups is 3. The SMILES string of the molecule is Cc1cccc(-n2nc(C(C)(C)C)cc2NC(=O)CCCN2C(=O)CN(C)C2=O)c1. The minimum atomic E-state index is -0.312. The van der Waals surface area contributed by atoms with Crippen LogP contribution in [0.15, 0.2) is 30.3 Å². The molecule has 3 rings (SSSR count). The summed E-state index contributed by atoms with van der Waals surface area (Å²) in [5, 5.41) is 7.66. The van der Waals surface area contributed by atoms with Crippen molar-refractivity contribution in [3.63, 3.8) is 0 Å². The minimum Gasteiger partial charge on any atom is -0.318 e. The molecule has 0 spiro atoms. The maximum atomic E-state index is 12.6. The predicted molar refractivity (Wildman–Crippen MR) is 115 cm³/mol. The van der Waals surface area contributed by atoms with Crippen molar-refractivity contribution in [3.8, 4) is 5.69 Å². The number of aromatic nitrogens is 2. The van der Waals surface area contributed by atoms with Crippen LogP contribution in [0.25, 0.3) is 5.69 Å². The van der Waals surface area contributed by atoms with Crippen LogP contribution >= 0.6 is 0 Å². The van der Waals surface area contributed by atoms with Crippen molar-refractivity contribution in [3.05, 3.63) is 41.6 Å². The number of hydrogen-bond acceptors (Lipinski definition) is 4. The van der Waals surface area contributed by atoms with E-state index in [0.717, 1.165) is 16.9 Å². The van der Waals surface area contributed by atoms with E-state index >= 15 is 0 Å². The molecule has 0 atom stereocenters. The molecule has 1 aromatic carbocycles. The van der Waals surface area contributed by atoms with Gasteiger partial charge in [0.25, 0.3) is 0 Å². The smallest absolute Gasteiger partial charge is 0.318 e. The molecule has 1 aromatic heterocycles. The van der Waals surface area contributed by atoms with Gasteiger partial charge in [0, 0.05) is 31.5 Å². The second-order valence-corrected chi connectivity index (χ2v) is 8.75. The Morgan fingerprint density at radius 3 is 2.53 bits per heavy atom. The number of carbonyl (C=O) groups excluding carboxylic acids is 3. The summed E-state index contributed by atoms with van der Waals surface area (Å²) in [6.07, 6.45) is 0.604. The second-order valence-electron chi connectivity index (χ2n) is 8.75. The van der Waals surface area contributed by atoms with Gasteiger partial charge in [-0.3, -0.25) is 14.5 Å². The summed E-state index contributed by atoms with van der Waals surface area (Å²) in [7, 11) is 1.59. The number of urea groups is 1. The van der Waals surface area contributed by atoms with E-state index in [4.69, 9.17) is 5.10 Å². The van der Waals surface area contributed by atoms with E-state index in [2.05, 4.69) is 26.1 Å². The zero-order chi connectivity index (χ0) is 22.1. The standard InChI is InChI=1S/C22H29N5O3/c1-15-8-6-9-16(12-15)27-18(13-17(24-27)22(2,3)4)23-19(28)10-7-11-26-20(29)14-25(5)21(26)30/h6,8-9,12-13H,7,10-11,14H2,1-5H3,(H,23,28). The van der Waals surface area contributed by atoms with Crippen molar-refractivity contribution in [1.82, 2.24) is 19.6 Å². The molecule has 0 aliphatic carbocycles. The first-order chi connectivity index (χ1) is 14.1. The van der Waals surface area contributed by atoms with Crippen LogP contribution in [0.5, 0.6) is 0 Å². The third-order valence-corrected chi connectivity index (χ3v) is 5.01. The lowest BCUT2D eigenvalue weighted by Gasteiger charge is -2.14. The van der Waals surface area contributed by atoms with E-state index in [9.17, 15) is 14.4 Å². The Labute approximate surface area is 176 Å². The fourth-order valence-electron chi connectivity index (χ4n) is 3.29. The number of likely N-dealkylation sites (N-methyl/N-ethyl adjacent to an activating group) is 1. The largest absolute Gasteiger partial charge is 0.326 e. The van der Waals surface area contributed by atoms with Gasteiger partial charge in [-0.15, -0.1) is 0 Å². The van der Waals surface area contributed by atoms with Crippen LogP contribution in [-0.4, -0.2) is 57.6 Å². The zero-order valence-corrected chi connectivity index (χ0v) is 18.2. The molecule has 4 amide bonds. The Bertz CT molecular complexity index is 973. The average Bonchev–Trinajstić information content (AvgIpc) is 3.18. The molecule has 1 N–H and O–H groups in total. The van der Waals surface area contributed by atoms with E-state index < -0.39 is 0 Å². The number of rotatable bonds is 6. The number of benzene rings is 1. The summed E-state index contributed by atoms with van der Waals surface area (Å²) in [6.45, 7) is 8.55. The molecule has 8 heteroatoms. The number of amides is 4. The quantitative estimate of drug-likeness (QED) is 0.740. The van der Waals surface area contributed by atoms with Gasteiger partial charge in [-0.1, -0.05) is 32.9 Å². The van der Waals surface area contributed by atoms with Crippen molar-refractivity contribution in [2.24, 2.45) is 0 Å². The van der Waals surface area contributed by atoms with Crippen LogP contribution in [0, 0.1) is 6.92 Å². The topological polar surface area (TPSA) is 87.5 Å². The van der Waals surface area contributed by atoms with E-state index in [1.165, 1.54) is 9.80 Å². The van der Waals surface area contributed by atoms with Crippen molar-refractivity contribution < 1.29 is 14.4 Å². The van der Waals surface area contributed by atoms with Gasteiger partial charge in [0.2, 0.25) is 11.8 Å². The molecule has 0 radical (unpaired) electrons. The molecule has 1 saturated heterocycles. The molecule has 0 saturated carbocycles. The van der Waals surface area contributed by atoms with E-state index in [1.54, 1.807) is 11.7 Å². The normalized spacial score (nSPS) is 14.6. The van der Waals surface area contributed by atoms with Gasteiger partial charge in [0.15, 0.2) is 0 Å². The highest BCUT2D eigenvalue weighted by Gasteiger charge is 2.33. The Morgan fingerprint density at radius 2 is 1.93 bits per heavy atom. The highest BCUT2D eigenvalue weighted by atomic mass is 16.2. The molecule has 1 aliphatic heterocycles. The van der Waals surface area contributed by atoms with Crippen molar-refractivity contribution >= 4 is 23.7 Å². The predicted octanol–water partition coefficient (Wildman–Crippen LogP) is 3.09. The number of hydrogen-bond donors (Lipinski definition) is 1. The first-order valence-electron chi connectivity index (χ1n) is 10.1. The second kappa shape index (κ2) is 8.30. The van der Waals surface area contributed by atoms with Crippen LogP contribution in [0.3, 0.4) is 0 Å². The minimum absolute atomic E-state index is 0.0935. The van der Waals surface area contributed by atoms with Gasteiger partial charge in [0.05, 0.1) is 11.4 Å². The molecule has 2 heterocycles. The Kier molecular flexibility index (Phi) is 5.96. The zero-order valence-electron chi connectivity index (χ0n) is 18.2. The average molecular weight is 412 g/mol. The number of aryl methyl sites for hydroxylation is 1. The monoisotopic (exact) mass is 411 g/mol. The maximum Gasteiger partial charge on any atom is 0.326 e. The fourth-order valence-corrected chi connectivity index (χ4v) is 3.29. The van der Waals surface area contributed by atoms with Crippen LogP contribution in [0.4, 0.5) is 10.6 Å². The first kappa shape index (κ1) is 21.5. The molecule has 30 heavy (non-hydrogen) atoms. The van der Waals surface area contributed by atoms with Crippen LogP contribution in [0.1, 0.15) is 44.9 Å². The van der Waals surface area contributed by atoms with Crippen molar-refractivity contribution in [2.75, 3.05) is 25.5 Å². The molecule has 1 fully saturated rings. The highest BCUT2D eigenvalue weighted by Crippen LogP contribution is 2.26. The Balaban J connectivity index is 1.70. The summed E-state index contributed by atoms with van der Waals surface area (Å²) in [5.74, 6) is 0.190. The number of nitrogens with zero attached hydrogens (tertiary/aromatic N) is 4. The van der Waals surface area contributed by atoms with Gasteiger partial charge in [-0.2, -0.15) is 5.10 Å². The highest BCUT2D eigenvalue weighted by molar-refractivity contribution is 6.01. The van der Waals surface area contributed by atoms with Crippen molar-refractivity contribution in [1.29, 1.82) is 0 Å². The summed E-state index contributed by atoms with van der Waals surface area (Å²) < 4.78 is 1.74. The Hall–Kier alpha value is -3.16. The maximum absolute atomic E-state index is 12.6. The summed E-state index contributed by atoms with van der Waals surface area (Å²) in [5.41, 5.74) is 2.67. The summed E-state index contributed by atoms with van der Waals surface area (Å²) in [6, 6.07) is 9.50. The van der Waals surface area contributed by atoms with E-state index in [-0.39, 0.29) is 42.8 Å². The molecule has 0 unspecified atom stereocenters. The molecule has 8 nitrogen and oxygen atoms in total. The summed E-state index contributed by atoms with van der Waals surface area (Å²) >= 11 is 0. The number of imide groups is 1. The molecular formula is C22H29N5O3. The molecule has 1 aliphatic rings. The van der Waals surface area contributed by atoms with Gasteiger partial charge in [-0.25, -0.2) is 9.48 Å². The van der Waals surface area contributed by atoms with E-state index in [1.807, 2.05) is 37.3 Å². The molecule has 2 aromatic rings. The number of nitrogens with one attached hydrogen (secondary N) is 1. The Morgan fingerprint density at radius 1 is 1.20 bits per heavy atom. The van der Waals surface area contributed by atoms with Crippen LogP contribution < -0.4 is 5.32 Å². The lowest BCUT2D eigenvalue weighted by Crippen LogP contribution is -2.33. The van der Waals surface area contributed by atoms with Crippen LogP contribution in [0.2, 0.25) is 0 Å². The third-order valence-electron chi connectivity index (χ3n) is 5.01. The molecule has 160 valence electrons. The van der Waals surface area contributed by atoms with Crippen LogP contribution in [-0.2, 0) is 15.0 Å². The van der Waals surface area contributed by atoms with Gasteiger partial charge < -0.3 is 10.2 Å². The van der Waals surface area contributed by atoms with Crippen molar-refractivity contribution in [2.45, 2.75) is 46.0 Å². The lowest BCUT2D eigenvalue weighted by molar-refractivity contribution is -0.125. The lowest BCUT2D eigenvalue weighted by atomic mass is 9.92. The fraction of sp³-hybridized carbons (Fsp3) is 0.455. The first-order valence-corrected chi connectivity index (χ1v) is 10.1. The molecular weight excluding hydrogens is 382 g/mol. The summed E-state index contributed by atoms with van der Waals surface area (Å²) in [4.78, 5) is 38.9. The molecule has 0 bridgehead atoms. The van der Waals surface area contributed by atoms with E-state index in [0.29, 0.717) is 12.2 Å². The van der Waals surface area contributed by atoms with Gasteiger partial charge in [0.1, 0.15) is 12.4 Å². The third kappa shape index (κ3) is 4.69. The van der Waals surface area contributed by atoms with Gasteiger partial charge in [-0.05, 0) is 31.0 Å². The van der Waals surface area contributed by atoms with Gasteiger partial charge >= 0.3 is 6.03 Å².